The molecule has 6 heteroatoms. The molecule has 0 radical (unpaired) electrons. The van der Waals surface area contributed by atoms with Crippen LogP contribution in [0.5, 0.6) is 11.5 Å². The van der Waals surface area contributed by atoms with Crippen molar-refractivity contribution in [3.05, 3.63) is 23.8 Å². The minimum atomic E-state index is -2.90. The SMILES string of the molecule is COc1ccc(CNC(C)(C)C(C)O)cc1OC(F)F. The molecule has 4 nitrogen and oxygen atoms in total. The van der Waals surface area contributed by atoms with Crippen molar-refractivity contribution >= 4 is 0 Å². The molecule has 0 aliphatic rings. The van der Waals surface area contributed by atoms with Crippen LogP contribution in [-0.2, 0) is 6.54 Å². The molecule has 0 heterocycles. The summed E-state index contributed by atoms with van der Waals surface area (Å²) in [4.78, 5) is 0. The maximum Gasteiger partial charge on any atom is 0.387 e. The molecule has 0 aliphatic heterocycles. The van der Waals surface area contributed by atoms with E-state index in [0.717, 1.165) is 5.56 Å². The Labute approximate surface area is 117 Å². The molecule has 1 unspecified atom stereocenters. The summed E-state index contributed by atoms with van der Waals surface area (Å²) in [5.41, 5.74) is 0.277. The minimum absolute atomic E-state index is 0.00310. The number of benzene rings is 1. The van der Waals surface area contributed by atoms with Crippen LogP contribution in [0, 0.1) is 0 Å². The fraction of sp³-hybridized carbons (Fsp3) is 0.571. The summed E-state index contributed by atoms with van der Waals surface area (Å²) in [5.74, 6) is 0.250. The van der Waals surface area contributed by atoms with E-state index >= 15 is 0 Å². The first kappa shape index (κ1) is 16.7. The third-order valence-electron chi connectivity index (χ3n) is 3.24. The normalized spacial score (nSPS) is 13.4. The van der Waals surface area contributed by atoms with E-state index in [1.54, 1.807) is 19.1 Å². The molecule has 2 N–H and O–H groups in total. The third kappa shape index (κ3) is 4.61. The van der Waals surface area contributed by atoms with Gasteiger partial charge in [-0.3, -0.25) is 0 Å². The van der Waals surface area contributed by atoms with Crippen LogP contribution in [0.4, 0.5) is 8.78 Å². The number of hydrogen-bond acceptors (Lipinski definition) is 4. The monoisotopic (exact) mass is 289 g/mol. The fourth-order valence-electron chi connectivity index (χ4n) is 1.50. The van der Waals surface area contributed by atoms with Crippen LogP contribution in [0.1, 0.15) is 26.3 Å². The summed E-state index contributed by atoms with van der Waals surface area (Å²) in [6.07, 6.45) is -0.544. The van der Waals surface area contributed by atoms with E-state index in [1.165, 1.54) is 13.2 Å². The fourth-order valence-corrected chi connectivity index (χ4v) is 1.50. The zero-order valence-corrected chi connectivity index (χ0v) is 12.1. The van der Waals surface area contributed by atoms with Gasteiger partial charge in [0.05, 0.1) is 13.2 Å². The predicted molar refractivity (Wildman–Crippen MR) is 72.2 cm³/mol. The number of ether oxygens (including phenoxy) is 2. The maximum absolute atomic E-state index is 12.3. The Morgan fingerprint density at radius 3 is 2.45 bits per heavy atom. The van der Waals surface area contributed by atoms with E-state index in [2.05, 4.69) is 10.1 Å². The van der Waals surface area contributed by atoms with Crippen molar-refractivity contribution in [2.75, 3.05) is 7.11 Å². The average Bonchev–Trinajstić information content (AvgIpc) is 2.36. The summed E-state index contributed by atoms with van der Waals surface area (Å²) >= 11 is 0. The van der Waals surface area contributed by atoms with Crippen LogP contribution in [0.2, 0.25) is 0 Å². The average molecular weight is 289 g/mol. The van der Waals surface area contributed by atoms with Gasteiger partial charge in [-0.2, -0.15) is 8.78 Å². The molecule has 0 spiro atoms. The van der Waals surface area contributed by atoms with E-state index in [9.17, 15) is 13.9 Å². The number of aliphatic hydroxyl groups excluding tert-OH is 1. The maximum atomic E-state index is 12.3. The molecule has 0 saturated carbocycles. The van der Waals surface area contributed by atoms with Crippen molar-refractivity contribution in [3.63, 3.8) is 0 Å². The second-order valence-electron chi connectivity index (χ2n) is 5.11. The molecule has 1 aromatic carbocycles. The van der Waals surface area contributed by atoms with E-state index < -0.39 is 18.3 Å². The lowest BCUT2D eigenvalue weighted by Gasteiger charge is -2.29. The van der Waals surface area contributed by atoms with Crippen LogP contribution in [-0.4, -0.2) is 30.5 Å². The number of halogens is 2. The van der Waals surface area contributed by atoms with Crippen molar-refractivity contribution in [1.29, 1.82) is 0 Å². The number of rotatable bonds is 7. The van der Waals surface area contributed by atoms with Crippen molar-refractivity contribution < 1.29 is 23.4 Å². The van der Waals surface area contributed by atoms with Gasteiger partial charge in [0, 0.05) is 12.1 Å². The number of methoxy groups -OCH3 is 1. The first-order valence-corrected chi connectivity index (χ1v) is 6.31. The Kier molecular flexibility index (Phi) is 5.71. The van der Waals surface area contributed by atoms with Gasteiger partial charge in [0.15, 0.2) is 11.5 Å². The lowest BCUT2D eigenvalue weighted by atomic mass is 9.98. The summed E-state index contributed by atoms with van der Waals surface area (Å²) in [5, 5.41) is 12.8. The molecule has 114 valence electrons. The van der Waals surface area contributed by atoms with Gasteiger partial charge in [0.1, 0.15) is 0 Å². The number of alkyl halides is 2. The van der Waals surface area contributed by atoms with Gasteiger partial charge in [0.25, 0.3) is 0 Å². The van der Waals surface area contributed by atoms with Gasteiger partial charge < -0.3 is 19.9 Å². The Hall–Kier alpha value is -1.40. The highest BCUT2D eigenvalue weighted by Gasteiger charge is 2.23. The van der Waals surface area contributed by atoms with Gasteiger partial charge in [0.2, 0.25) is 0 Å². The Balaban J connectivity index is 2.81. The molecule has 0 saturated heterocycles. The van der Waals surface area contributed by atoms with Crippen molar-refractivity contribution in [2.45, 2.75) is 45.6 Å². The molecule has 1 atom stereocenters. The number of hydrogen-bond donors (Lipinski definition) is 2. The molecular formula is C14H21F2NO3. The van der Waals surface area contributed by atoms with Crippen molar-refractivity contribution in [3.8, 4) is 11.5 Å². The van der Waals surface area contributed by atoms with Crippen molar-refractivity contribution in [2.24, 2.45) is 0 Å². The van der Waals surface area contributed by atoms with Gasteiger partial charge in [-0.05, 0) is 38.5 Å². The number of nitrogens with one attached hydrogen (secondary N) is 1. The van der Waals surface area contributed by atoms with E-state index in [-0.39, 0.29) is 11.5 Å². The largest absolute Gasteiger partial charge is 0.493 e. The molecule has 1 rings (SSSR count). The Bertz CT molecular complexity index is 436. The Morgan fingerprint density at radius 1 is 1.30 bits per heavy atom. The second kappa shape index (κ2) is 6.85. The van der Waals surface area contributed by atoms with Crippen LogP contribution >= 0.6 is 0 Å². The lowest BCUT2D eigenvalue weighted by molar-refractivity contribution is -0.0512. The van der Waals surface area contributed by atoms with Crippen molar-refractivity contribution in [1.82, 2.24) is 5.32 Å². The second-order valence-corrected chi connectivity index (χ2v) is 5.11. The molecule has 0 fully saturated rings. The summed E-state index contributed by atoms with van der Waals surface area (Å²) in [6.45, 7) is 2.92. The first-order chi connectivity index (χ1) is 9.26. The molecular weight excluding hydrogens is 268 g/mol. The summed E-state index contributed by atoms with van der Waals surface area (Å²) in [7, 11) is 1.39. The van der Waals surface area contributed by atoms with Gasteiger partial charge in [-0.15, -0.1) is 0 Å². The lowest BCUT2D eigenvalue weighted by Crippen LogP contribution is -2.47. The molecule has 20 heavy (non-hydrogen) atoms. The van der Waals surface area contributed by atoms with Gasteiger partial charge in [-0.25, -0.2) is 0 Å². The predicted octanol–water partition coefficient (Wildman–Crippen LogP) is 2.55. The van der Waals surface area contributed by atoms with E-state index in [1.807, 2.05) is 13.8 Å². The molecule has 1 aromatic rings. The van der Waals surface area contributed by atoms with Gasteiger partial charge >= 0.3 is 6.61 Å². The summed E-state index contributed by atoms with van der Waals surface area (Å²) < 4.78 is 34.0. The topological polar surface area (TPSA) is 50.7 Å². The summed E-state index contributed by atoms with van der Waals surface area (Å²) in [6, 6.07) is 4.82. The quantitative estimate of drug-likeness (QED) is 0.810. The highest BCUT2D eigenvalue weighted by Crippen LogP contribution is 2.29. The standard InChI is InChI=1S/C14H21F2NO3/c1-9(18)14(2,3)17-8-10-5-6-11(19-4)12(7-10)20-13(15)16/h5-7,9,13,17-18H,8H2,1-4H3. The van der Waals surface area contributed by atoms with E-state index in [0.29, 0.717) is 6.54 Å². The third-order valence-corrected chi connectivity index (χ3v) is 3.24. The smallest absolute Gasteiger partial charge is 0.387 e. The van der Waals surface area contributed by atoms with Crippen LogP contribution < -0.4 is 14.8 Å². The Morgan fingerprint density at radius 2 is 1.95 bits per heavy atom. The minimum Gasteiger partial charge on any atom is -0.493 e. The highest BCUT2D eigenvalue weighted by atomic mass is 19.3. The van der Waals surface area contributed by atoms with Crippen LogP contribution in [0.3, 0.4) is 0 Å². The van der Waals surface area contributed by atoms with Gasteiger partial charge in [-0.1, -0.05) is 6.07 Å². The zero-order chi connectivity index (χ0) is 15.3. The molecule has 0 bridgehead atoms. The van der Waals surface area contributed by atoms with Crippen LogP contribution in [0.25, 0.3) is 0 Å². The molecule has 0 amide bonds. The highest BCUT2D eigenvalue weighted by molar-refractivity contribution is 5.43. The van der Waals surface area contributed by atoms with E-state index in [4.69, 9.17) is 4.74 Å². The van der Waals surface area contributed by atoms with Crippen LogP contribution in [0.15, 0.2) is 18.2 Å². The number of aliphatic hydroxyl groups is 1. The molecule has 0 aromatic heterocycles. The first-order valence-electron chi connectivity index (χ1n) is 6.31. The molecule has 0 aliphatic carbocycles. The zero-order valence-electron chi connectivity index (χ0n) is 12.1.